The van der Waals surface area contributed by atoms with Gasteiger partial charge in [0.15, 0.2) is 0 Å². The highest BCUT2D eigenvalue weighted by Crippen LogP contribution is 2.30. The fraction of sp³-hybridized carbons (Fsp3) is 0.154. The first-order valence-corrected chi connectivity index (χ1v) is 8.29. The minimum absolute atomic E-state index is 0.0415. The molecule has 2 rings (SSSR count). The molecule has 118 valence electrons. The van der Waals surface area contributed by atoms with Crippen LogP contribution in [0.2, 0.25) is 0 Å². The Morgan fingerprint density at radius 2 is 2.05 bits per heavy atom. The van der Waals surface area contributed by atoms with Crippen LogP contribution in [0.1, 0.15) is 15.2 Å². The third-order valence-electron chi connectivity index (χ3n) is 2.78. The zero-order chi connectivity index (χ0) is 16.5. The standard InChI is InChI=1S/C13H12FNO5S2/c1-7-3-8(6-21-7)22(18,19)15-11-5-10(14)9(13(16)17)4-12(11)20-2/h3-6,15H,1-2H3,(H,16,17). The van der Waals surface area contributed by atoms with Crippen molar-refractivity contribution in [3.63, 3.8) is 0 Å². The van der Waals surface area contributed by atoms with Gasteiger partial charge >= 0.3 is 5.97 Å². The van der Waals surface area contributed by atoms with Crippen molar-refractivity contribution in [2.24, 2.45) is 0 Å². The molecule has 0 aliphatic carbocycles. The average Bonchev–Trinajstić information content (AvgIpc) is 2.85. The summed E-state index contributed by atoms with van der Waals surface area (Å²) >= 11 is 1.26. The third-order valence-corrected chi connectivity index (χ3v) is 5.14. The van der Waals surface area contributed by atoms with Crippen molar-refractivity contribution in [1.82, 2.24) is 0 Å². The molecule has 1 aromatic carbocycles. The monoisotopic (exact) mass is 345 g/mol. The molecule has 0 spiro atoms. The van der Waals surface area contributed by atoms with Gasteiger partial charge in [0.1, 0.15) is 11.6 Å². The van der Waals surface area contributed by atoms with E-state index >= 15 is 0 Å². The van der Waals surface area contributed by atoms with Gasteiger partial charge in [0.05, 0.1) is 23.3 Å². The number of methoxy groups -OCH3 is 1. The molecule has 0 unspecified atom stereocenters. The van der Waals surface area contributed by atoms with E-state index < -0.39 is 27.4 Å². The number of carbonyl (C=O) groups is 1. The maximum absolute atomic E-state index is 13.7. The van der Waals surface area contributed by atoms with Crippen LogP contribution in [0.4, 0.5) is 10.1 Å². The molecule has 0 bridgehead atoms. The quantitative estimate of drug-likeness (QED) is 0.869. The Kier molecular flexibility index (Phi) is 4.38. The highest BCUT2D eigenvalue weighted by Gasteiger charge is 2.21. The molecule has 22 heavy (non-hydrogen) atoms. The number of thiophene rings is 1. The van der Waals surface area contributed by atoms with Crippen LogP contribution in [0.5, 0.6) is 5.75 Å². The minimum atomic E-state index is -3.91. The van der Waals surface area contributed by atoms with Gasteiger partial charge in [-0.3, -0.25) is 4.72 Å². The van der Waals surface area contributed by atoms with E-state index in [0.717, 1.165) is 17.0 Å². The summed E-state index contributed by atoms with van der Waals surface area (Å²) in [6.07, 6.45) is 0. The van der Waals surface area contributed by atoms with Gasteiger partial charge in [-0.25, -0.2) is 17.6 Å². The first-order valence-electron chi connectivity index (χ1n) is 5.93. The molecule has 2 N–H and O–H groups in total. The first kappa shape index (κ1) is 16.2. The Morgan fingerprint density at radius 1 is 1.36 bits per heavy atom. The Labute approximate surface area is 130 Å². The first-order chi connectivity index (χ1) is 10.2. The number of nitrogens with one attached hydrogen (secondary N) is 1. The molecule has 2 aromatic rings. The fourth-order valence-electron chi connectivity index (χ4n) is 1.73. The zero-order valence-corrected chi connectivity index (χ0v) is 13.2. The molecule has 0 saturated heterocycles. The van der Waals surface area contributed by atoms with E-state index in [9.17, 15) is 17.6 Å². The normalized spacial score (nSPS) is 11.2. The maximum atomic E-state index is 13.7. The van der Waals surface area contributed by atoms with Gasteiger partial charge in [-0.05, 0) is 19.1 Å². The van der Waals surface area contributed by atoms with Gasteiger partial charge in [0.25, 0.3) is 10.0 Å². The van der Waals surface area contributed by atoms with Crippen LogP contribution in [-0.2, 0) is 10.0 Å². The van der Waals surface area contributed by atoms with Crippen molar-refractivity contribution in [3.8, 4) is 5.75 Å². The molecule has 0 saturated carbocycles. The van der Waals surface area contributed by atoms with E-state index in [2.05, 4.69) is 4.72 Å². The number of carboxylic acids is 1. The fourth-order valence-corrected chi connectivity index (χ4v) is 3.92. The minimum Gasteiger partial charge on any atom is -0.495 e. The number of anilines is 1. The predicted molar refractivity (Wildman–Crippen MR) is 79.8 cm³/mol. The van der Waals surface area contributed by atoms with Crippen molar-refractivity contribution in [3.05, 3.63) is 39.8 Å². The van der Waals surface area contributed by atoms with Crippen LogP contribution in [0.15, 0.2) is 28.5 Å². The topological polar surface area (TPSA) is 92.7 Å². The average molecular weight is 345 g/mol. The molecule has 1 heterocycles. The number of benzene rings is 1. The van der Waals surface area contributed by atoms with E-state index in [1.165, 1.54) is 29.9 Å². The second kappa shape index (κ2) is 5.93. The summed E-state index contributed by atoms with van der Waals surface area (Å²) in [6.45, 7) is 1.76. The van der Waals surface area contributed by atoms with E-state index in [1.807, 2.05) is 0 Å². The molecule has 1 aromatic heterocycles. The zero-order valence-electron chi connectivity index (χ0n) is 11.6. The molecule has 0 atom stereocenters. The second-order valence-corrected chi connectivity index (χ2v) is 7.13. The van der Waals surface area contributed by atoms with Gasteiger partial charge in [-0.15, -0.1) is 11.3 Å². The summed E-state index contributed by atoms with van der Waals surface area (Å²) in [5.74, 6) is -2.62. The van der Waals surface area contributed by atoms with Crippen molar-refractivity contribution in [2.75, 3.05) is 11.8 Å². The Hall–Kier alpha value is -2.13. The molecule has 6 nitrogen and oxygen atoms in total. The second-order valence-electron chi connectivity index (χ2n) is 4.34. The lowest BCUT2D eigenvalue weighted by atomic mass is 10.2. The number of ether oxygens (including phenoxy) is 1. The number of sulfonamides is 1. The summed E-state index contributed by atoms with van der Waals surface area (Å²) in [5.41, 5.74) is -0.778. The molecule has 0 amide bonds. The van der Waals surface area contributed by atoms with Crippen molar-refractivity contribution in [2.45, 2.75) is 11.8 Å². The van der Waals surface area contributed by atoms with E-state index in [4.69, 9.17) is 9.84 Å². The summed E-state index contributed by atoms with van der Waals surface area (Å²) in [4.78, 5) is 11.7. The number of rotatable bonds is 5. The lowest BCUT2D eigenvalue weighted by Crippen LogP contribution is -2.14. The Bertz CT molecular complexity index is 829. The van der Waals surface area contributed by atoms with Crippen molar-refractivity contribution < 1.29 is 27.4 Å². The van der Waals surface area contributed by atoms with Crippen LogP contribution in [0, 0.1) is 12.7 Å². The molecular weight excluding hydrogens is 333 g/mol. The number of aryl methyl sites for hydroxylation is 1. The summed E-state index contributed by atoms with van der Waals surface area (Å²) in [5, 5.41) is 10.3. The van der Waals surface area contributed by atoms with Gasteiger partial charge in [-0.2, -0.15) is 0 Å². The lowest BCUT2D eigenvalue weighted by molar-refractivity contribution is 0.0691. The van der Waals surface area contributed by atoms with Gasteiger partial charge in [0, 0.05) is 16.3 Å². The van der Waals surface area contributed by atoms with E-state index in [1.54, 1.807) is 6.92 Å². The Morgan fingerprint density at radius 3 is 2.55 bits per heavy atom. The number of halogens is 1. The van der Waals surface area contributed by atoms with Crippen LogP contribution in [0.25, 0.3) is 0 Å². The van der Waals surface area contributed by atoms with Crippen LogP contribution in [0.3, 0.4) is 0 Å². The molecule has 0 aliphatic rings. The summed E-state index contributed by atoms with van der Waals surface area (Å²) in [7, 11) is -2.68. The number of hydrogen-bond acceptors (Lipinski definition) is 5. The molecular formula is C13H12FNO5S2. The molecule has 9 heteroatoms. The highest BCUT2D eigenvalue weighted by molar-refractivity contribution is 7.92. The number of hydrogen-bond donors (Lipinski definition) is 2. The predicted octanol–water partition coefficient (Wildman–Crippen LogP) is 2.70. The Balaban J connectivity index is 2.45. The summed E-state index contributed by atoms with van der Waals surface area (Å²) < 4.78 is 45.3. The van der Waals surface area contributed by atoms with Crippen LogP contribution in [-0.4, -0.2) is 26.6 Å². The maximum Gasteiger partial charge on any atom is 0.338 e. The van der Waals surface area contributed by atoms with Crippen LogP contribution < -0.4 is 9.46 Å². The van der Waals surface area contributed by atoms with E-state index in [0.29, 0.717) is 0 Å². The van der Waals surface area contributed by atoms with Crippen molar-refractivity contribution >= 4 is 33.0 Å². The smallest absolute Gasteiger partial charge is 0.338 e. The molecule has 0 radical (unpaired) electrons. The highest BCUT2D eigenvalue weighted by atomic mass is 32.2. The van der Waals surface area contributed by atoms with Crippen molar-refractivity contribution in [1.29, 1.82) is 0 Å². The SMILES string of the molecule is COc1cc(C(=O)O)c(F)cc1NS(=O)(=O)c1csc(C)c1. The lowest BCUT2D eigenvalue weighted by Gasteiger charge is -2.12. The van der Waals surface area contributed by atoms with E-state index in [-0.39, 0.29) is 16.3 Å². The van der Waals surface area contributed by atoms with Crippen LogP contribution >= 0.6 is 11.3 Å². The summed E-state index contributed by atoms with van der Waals surface area (Å²) in [6, 6.07) is 3.18. The van der Waals surface area contributed by atoms with Gasteiger partial charge in [-0.1, -0.05) is 0 Å². The largest absolute Gasteiger partial charge is 0.495 e. The number of aromatic carboxylic acids is 1. The number of carboxylic acid groups (broad SMARTS) is 1. The molecule has 0 aliphatic heterocycles. The van der Waals surface area contributed by atoms with Gasteiger partial charge in [0.2, 0.25) is 0 Å². The molecule has 0 fully saturated rings. The third kappa shape index (κ3) is 3.20. The van der Waals surface area contributed by atoms with Gasteiger partial charge < -0.3 is 9.84 Å².